The van der Waals surface area contributed by atoms with Crippen LogP contribution >= 0.6 is 22.6 Å². The summed E-state index contributed by atoms with van der Waals surface area (Å²) in [5, 5.41) is 4.13. The highest BCUT2D eigenvalue weighted by atomic mass is 127. The number of carbonyl (C=O) groups excluding carboxylic acids is 1. The number of anilines is 1. The third-order valence-electron chi connectivity index (χ3n) is 5.64. The summed E-state index contributed by atoms with van der Waals surface area (Å²) >= 11 is 2.17. The minimum absolute atomic E-state index is 0.0896. The van der Waals surface area contributed by atoms with Gasteiger partial charge in [0, 0.05) is 29.4 Å². The van der Waals surface area contributed by atoms with Gasteiger partial charge in [0.05, 0.1) is 16.9 Å². The lowest BCUT2D eigenvalue weighted by Crippen LogP contribution is -2.48. The zero-order chi connectivity index (χ0) is 22.6. The molecule has 31 heavy (non-hydrogen) atoms. The highest BCUT2D eigenvalue weighted by molar-refractivity contribution is 14.1. The maximum Gasteiger partial charge on any atom is 0.277 e. The van der Waals surface area contributed by atoms with E-state index in [-0.39, 0.29) is 18.1 Å². The van der Waals surface area contributed by atoms with Crippen LogP contribution in [0.1, 0.15) is 51.2 Å². The Kier molecular flexibility index (Phi) is 7.46. The summed E-state index contributed by atoms with van der Waals surface area (Å²) in [5.41, 5.74) is 5.94. The monoisotopic (exact) mass is 535 g/mol. The summed E-state index contributed by atoms with van der Waals surface area (Å²) in [6.45, 7) is 9.83. The smallest absolute Gasteiger partial charge is 0.277 e. The molecule has 0 aliphatic carbocycles. The van der Waals surface area contributed by atoms with Crippen LogP contribution in [-0.4, -0.2) is 37.9 Å². The van der Waals surface area contributed by atoms with Crippen LogP contribution in [0.5, 0.6) is 11.5 Å². The predicted molar refractivity (Wildman–Crippen MR) is 134 cm³/mol. The van der Waals surface area contributed by atoms with Gasteiger partial charge in [-0.05, 0) is 79.5 Å². The first-order valence-electron chi connectivity index (χ1n) is 10.5. The summed E-state index contributed by atoms with van der Waals surface area (Å²) in [6, 6.07) is 11.8. The second kappa shape index (κ2) is 9.89. The molecule has 0 saturated carbocycles. The molecule has 0 saturated heterocycles. The lowest BCUT2D eigenvalue weighted by atomic mass is 9.79. The molecule has 1 amide bonds. The standard InChI is InChI=1S/C24H30IN3O3/c1-6-28-20-12-22(30-5)17(11-18(20)16(2)13-24(28,3)4)14-26-27-23(29)15-31-21-10-8-7-9-19(21)25/h7-12,14,16H,6,13,15H2,1-5H3,(H,27,29)/b26-14+. The first kappa shape index (κ1) is 23.4. The van der Waals surface area contributed by atoms with E-state index in [1.54, 1.807) is 13.3 Å². The quantitative estimate of drug-likeness (QED) is 0.310. The van der Waals surface area contributed by atoms with E-state index in [2.05, 4.69) is 77.8 Å². The van der Waals surface area contributed by atoms with Gasteiger partial charge in [-0.3, -0.25) is 4.79 Å². The molecule has 1 atom stereocenters. The van der Waals surface area contributed by atoms with E-state index in [4.69, 9.17) is 9.47 Å². The van der Waals surface area contributed by atoms with E-state index >= 15 is 0 Å². The van der Waals surface area contributed by atoms with Gasteiger partial charge in [0.1, 0.15) is 11.5 Å². The Balaban J connectivity index is 1.73. The van der Waals surface area contributed by atoms with Crippen molar-refractivity contribution in [3.05, 3.63) is 51.1 Å². The average Bonchev–Trinajstić information content (AvgIpc) is 2.72. The number of amides is 1. The van der Waals surface area contributed by atoms with E-state index in [1.165, 1.54) is 11.3 Å². The predicted octanol–water partition coefficient (Wildman–Crippen LogP) is 4.94. The molecule has 0 radical (unpaired) electrons. The molecule has 0 spiro atoms. The molecule has 1 heterocycles. The first-order chi connectivity index (χ1) is 14.8. The zero-order valence-electron chi connectivity index (χ0n) is 18.7. The molecule has 6 nitrogen and oxygen atoms in total. The van der Waals surface area contributed by atoms with Crippen molar-refractivity contribution in [2.24, 2.45) is 5.10 Å². The van der Waals surface area contributed by atoms with Gasteiger partial charge in [-0.15, -0.1) is 0 Å². The molecular weight excluding hydrogens is 505 g/mol. The maximum atomic E-state index is 12.1. The molecule has 1 unspecified atom stereocenters. The fourth-order valence-electron chi connectivity index (χ4n) is 4.31. The van der Waals surface area contributed by atoms with E-state index in [9.17, 15) is 4.79 Å². The van der Waals surface area contributed by atoms with Gasteiger partial charge >= 0.3 is 0 Å². The van der Waals surface area contributed by atoms with Crippen LogP contribution < -0.4 is 19.8 Å². The molecule has 1 N–H and O–H groups in total. The molecule has 166 valence electrons. The molecule has 1 aliphatic rings. The molecule has 3 rings (SSSR count). The van der Waals surface area contributed by atoms with Gasteiger partial charge < -0.3 is 14.4 Å². The largest absolute Gasteiger partial charge is 0.496 e. The van der Waals surface area contributed by atoms with Crippen LogP contribution in [0.25, 0.3) is 0 Å². The minimum Gasteiger partial charge on any atom is -0.496 e. The summed E-state index contributed by atoms with van der Waals surface area (Å²) in [7, 11) is 1.65. The maximum absolute atomic E-state index is 12.1. The Morgan fingerprint density at radius 3 is 2.74 bits per heavy atom. The van der Waals surface area contributed by atoms with Crippen LogP contribution in [0.3, 0.4) is 0 Å². The van der Waals surface area contributed by atoms with Crippen molar-refractivity contribution < 1.29 is 14.3 Å². The van der Waals surface area contributed by atoms with Gasteiger partial charge in [-0.2, -0.15) is 5.10 Å². The second-order valence-corrected chi connectivity index (χ2v) is 9.49. The SMILES string of the molecule is CCN1c2cc(OC)c(/C=N/NC(=O)COc3ccccc3I)cc2C(C)CC1(C)C. The number of benzene rings is 2. The van der Waals surface area contributed by atoms with Gasteiger partial charge in [-0.1, -0.05) is 19.1 Å². The number of methoxy groups -OCH3 is 1. The van der Waals surface area contributed by atoms with Gasteiger partial charge in [-0.25, -0.2) is 5.43 Å². The number of hydrogen-bond acceptors (Lipinski definition) is 5. The van der Waals surface area contributed by atoms with E-state index in [1.807, 2.05) is 24.3 Å². The summed E-state index contributed by atoms with van der Waals surface area (Å²) in [5.74, 6) is 1.51. The van der Waals surface area contributed by atoms with Crippen molar-refractivity contribution >= 4 is 40.4 Å². The highest BCUT2D eigenvalue weighted by Gasteiger charge is 2.36. The highest BCUT2D eigenvalue weighted by Crippen LogP contribution is 2.45. The van der Waals surface area contributed by atoms with Crippen molar-refractivity contribution in [1.82, 2.24) is 5.43 Å². The van der Waals surface area contributed by atoms with Crippen LogP contribution in [0.4, 0.5) is 5.69 Å². The molecule has 0 aromatic heterocycles. The fourth-order valence-corrected chi connectivity index (χ4v) is 4.86. The summed E-state index contributed by atoms with van der Waals surface area (Å²) < 4.78 is 12.1. The number of hydrogen-bond donors (Lipinski definition) is 1. The van der Waals surface area contributed by atoms with E-state index in [0.717, 1.165) is 27.8 Å². The molecule has 2 aromatic rings. The molecule has 0 fully saturated rings. The molecule has 2 aromatic carbocycles. The van der Waals surface area contributed by atoms with Gasteiger partial charge in [0.15, 0.2) is 6.61 Å². The van der Waals surface area contributed by atoms with E-state index in [0.29, 0.717) is 11.7 Å². The van der Waals surface area contributed by atoms with Gasteiger partial charge in [0.2, 0.25) is 0 Å². The Morgan fingerprint density at radius 2 is 2.06 bits per heavy atom. The average molecular weight is 535 g/mol. The van der Waals surface area contributed by atoms with Crippen molar-refractivity contribution in [2.45, 2.75) is 45.6 Å². The number of nitrogens with one attached hydrogen (secondary N) is 1. The molecule has 1 aliphatic heterocycles. The van der Waals surface area contributed by atoms with Crippen LogP contribution in [0, 0.1) is 3.57 Å². The lowest BCUT2D eigenvalue weighted by molar-refractivity contribution is -0.123. The number of halogens is 1. The van der Waals surface area contributed by atoms with Crippen molar-refractivity contribution in [2.75, 3.05) is 25.2 Å². The second-order valence-electron chi connectivity index (χ2n) is 8.33. The van der Waals surface area contributed by atoms with Crippen LogP contribution in [-0.2, 0) is 4.79 Å². The van der Waals surface area contributed by atoms with Gasteiger partial charge in [0.25, 0.3) is 5.91 Å². The van der Waals surface area contributed by atoms with E-state index < -0.39 is 0 Å². The Bertz CT molecular complexity index is 975. The summed E-state index contributed by atoms with van der Waals surface area (Å²) in [6.07, 6.45) is 2.70. The number of nitrogens with zero attached hydrogens (tertiary/aromatic N) is 2. The zero-order valence-corrected chi connectivity index (χ0v) is 20.9. The Morgan fingerprint density at radius 1 is 1.32 bits per heavy atom. The Labute approximate surface area is 198 Å². The van der Waals surface area contributed by atoms with Crippen molar-refractivity contribution in [1.29, 1.82) is 0 Å². The lowest BCUT2D eigenvalue weighted by Gasteiger charge is -2.47. The molecule has 7 heteroatoms. The third kappa shape index (κ3) is 5.31. The number of ether oxygens (including phenoxy) is 2. The molecule has 0 bridgehead atoms. The van der Waals surface area contributed by atoms with Crippen LogP contribution in [0.15, 0.2) is 41.5 Å². The minimum atomic E-state index is -0.319. The first-order valence-corrected chi connectivity index (χ1v) is 11.5. The third-order valence-corrected chi connectivity index (χ3v) is 6.53. The summed E-state index contributed by atoms with van der Waals surface area (Å²) in [4.78, 5) is 14.5. The molecular formula is C24H30IN3O3. The van der Waals surface area contributed by atoms with Crippen molar-refractivity contribution in [3.8, 4) is 11.5 Å². The fraction of sp³-hybridized carbons (Fsp3) is 0.417. The Hall–Kier alpha value is -2.29. The number of rotatable bonds is 7. The number of para-hydroxylation sites is 1. The number of carbonyl (C=O) groups is 1. The topological polar surface area (TPSA) is 63.2 Å². The van der Waals surface area contributed by atoms with Crippen LogP contribution in [0.2, 0.25) is 0 Å². The number of hydrazone groups is 1. The van der Waals surface area contributed by atoms with Crippen molar-refractivity contribution in [3.63, 3.8) is 0 Å². The number of fused-ring (bicyclic) bond motifs is 1. The normalized spacial score (nSPS) is 17.4.